The summed E-state index contributed by atoms with van der Waals surface area (Å²) >= 11 is 7.33. The molecule has 0 unspecified atom stereocenters. The number of halogens is 1. The molecule has 0 bridgehead atoms. The van der Waals surface area contributed by atoms with Gasteiger partial charge in [0.05, 0.1) is 11.0 Å². The molecule has 2 rings (SSSR count). The van der Waals surface area contributed by atoms with Gasteiger partial charge >= 0.3 is 0 Å². The molecule has 0 fully saturated rings. The average molecular weight is 347 g/mol. The van der Waals surface area contributed by atoms with E-state index in [1.165, 1.54) is 17.3 Å². The van der Waals surface area contributed by atoms with Gasteiger partial charge in [-0.25, -0.2) is 5.43 Å². The van der Waals surface area contributed by atoms with E-state index in [2.05, 4.69) is 10.5 Å². The second-order valence-corrected chi connectivity index (χ2v) is 7.10. The van der Waals surface area contributed by atoms with Crippen molar-refractivity contribution in [3.8, 4) is 0 Å². The summed E-state index contributed by atoms with van der Waals surface area (Å²) in [6, 6.07) is 15.5. The maximum Gasteiger partial charge on any atom is 0.253 e. The van der Waals surface area contributed by atoms with Crippen LogP contribution in [0.4, 0.5) is 0 Å². The van der Waals surface area contributed by atoms with Crippen molar-refractivity contribution in [3.05, 3.63) is 64.7 Å². The molecule has 5 heteroatoms. The van der Waals surface area contributed by atoms with Crippen molar-refractivity contribution in [2.75, 3.05) is 0 Å². The molecule has 0 spiro atoms. The molecular weight excluding hydrogens is 328 g/mol. The highest BCUT2D eigenvalue weighted by Gasteiger charge is 2.14. The van der Waals surface area contributed by atoms with Gasteiger partial charge in [-0.3, -0.25) is 4.79 Å². The zero-order chi connectivity index (χ0) is 16.8. The summed E-state index contributed by atoms with van der Waals surface area (Å²) in [6.45, 7) is 5.76. The van der Waals surface area contributed by atoms with Crippen LogP contribution in [0.3, 0.4) is 0 Å². The third-order valence-electron chi connectivity index (χ3n) is 3.30. The Kier molecular flexibility index (Phi) is 6.25. The molecule has 2 aromatic rings. The molecular formula is C18H19ClN2OS. The van der Waals surface area contributed by atoms with Crippen LogP contribution in [0.15, 0.2) is 58.5 Å². The predicted octanol–water partition coefficient (Wildman–Crippen LogP) is 4.67. The van der Waals surface area contributed by atoms with Gasteiger partial charge < -0.3 is 0 Å². The van der Waals surface area contributed by atoms with E-state index in [1.54, 1.807) is 0 Å². The van der Waals surface area contributed by atoms with Crippen LogP contribution in [0, 0.1) is 6.92 Å². The number of hydrogen-bond donors (Lipinski definition) is 1. The molecule has 0 heterocycles. The molecule has 0 aliphatic carbocycles. The first-order valence-electron chi connectivity index (χ1n) is 7.29. The van der Waals surface area contributed by atoms with Crippen molar-refractivity contribution < 1.29 is 4.79 Å². The number of amides is 1. The normalized spacial score (nSPS) is 12.8. The van der Waals surface area contributed by atoms with Gasteiger partial charge in [0.25, 0.3) is 5.91 Å². The smallest absolute Gasteiger partial charge is 0.253 e. The molecule has 0 aliphatic heterocycles. The molecule has 120 valence electrons. The lowest BCUT2D eigenvalue weighted by Crippen LogP contribution is -2.27. The van der Waals surface area contributed by atoms with Gasteiger partial charge in [-0.15, -0.1) is 11.8 Å². The van der Waals surface area contributed by atoms with E-state index in [4.69, 9.17) is 11.6 Å². The molecule has 3 nitrogen and oxygen atoms in total. The summed E-state index contributed by atoms with van der Waals surface area (Å²) in [5, 5.41) is 4.62. The van der Waals surface area contributed by atoms with Gasteiger partial charge in [-0.1, -0.05) is 41.4 Å². The largest absolute Gasteiger partial charge is 0.272 e. The zero-order valence-corrected chi connectivity index (χ0v) is 14.9. The summed E-state index contributed by atoms with van der Waals surface area (Å²) in [7, 11) is 0. The summed E-state index contributed by atoms with van der Waals surface area (Å²) in [4.78, 5) is 13.1. The lowest BCUT2D eigenvalue weighted by Gasteiger charge is -2.10. The number of nitrogens with zero attached hydrogens (tertiary/aromatic N) is 1. The summed E-state index contributed by atoms with van der Waals surface area (Å²) in [5.74, 6) is -0.128. The summed E-state index contributed by atoms with van der Waals surface area (Å²) < 4.78 is 0. The van der Waals surface area contributed by atoms with E-state index in [-0.39, 0.29) is 11.2 Å². The van der Waals surface area contributed by atoms with Crippen LogP contribution < -0.4 is 5.43 Å². The van der Waals surface area contributed by atoms with Gasteiger partial charge in [0.2, 0.25) is 0 Å². The Labute approximate surface area is 146 Å². The monoisotopic (exact) mass is 346 g/mol. The fourth-order valence-corrected chi connectivity index (χ4v) is 2.85. The third kappa shape index (κ3) is 5.41. The van der Waals surface area contributed by atoms with Crippen molar-refractivity contribution in [1.82, 2.24) is 5.43 Å². The van der Waals surface area contributed by atoms with Crippen molar-refractivity contribution in [2.24, 2.45) is 5.10 Å². The number of hydrogen-bond acceptors (Lipinski definition) is 3. The first kappa shape index (κ1) is 17.6. The van der Waals surface area contributed by atoms with Crippen LogP contribution in [0.1, 0.15) is 25.0 Å². The van der Waals surface area contributed by atoms with Gasteiger partial charge in [-0.05, 0) is 50.6 Å². The molecule has 1 N–H and O–H groups in total. The number of benzene rings is 2. The maximum absolute atomic E-state index is 12.1. The zero-order valence-electron chi connectivity index (χ0n) is 13.3. The van der Waals surface area contributed by atoms with E-state index < -0.39 is 0 Å². The SMILES string of the molecule is C/C(=N/NC(=O)[C@@H](C)Sc1ccc(Cl)cc1)c1ccc(C)cc1. The maximum atomic E-state index is 12.1. The minimum absolute atomic E-state index is 0.128. The minimum Gasteiger partial charge on any atom is -0.272 e. The van der Waals surface area contributed by atoms with E-state index in [0.717, 1.165) is 16.2 Å². The minimum atomic E-state index is -0.245. The van der Waals surface area contributed by atoms with Crippen LogP contribution in [0.2, 0.25) is 5.02 Å². The topological polar surface area (TPSA) is 41.5 Å². The highest BCUT2D eigenvalue weighted by Crippen LogP contribution is 2.24. The van der Waals surface area contributed by atoms with Gasteiger partial charge in [0, 0.05) is 9.92 Å². The van der Waals surface area contributed by atoms with Crippen LogP contribution in [-0.2, 0) is 4.79 Å². The highest BCUT2D eigenvalue weighted by molar-refractivity contribution is 8.00. The second kappa shape index (κ2) is 8.18. The number of rotatable bonds is 5. The van der Waals surface area contributed by atoms with E-state index in [0.29, 0.717) is 5.02 Å². The van der Waals surface area contributed by atoms with Crippen LogP contribution in [-0.4, -0.2) is 16.9 Å². The third-order valence-corrected chi connectivity index (χ3v) is 4.66. The van der Waals surface area contributed by atoms with Crippen LogP contribution in [0.5, 0.6) is 0 Å². The number of thioether (sulfide) groups is 1. The second-order valence-electron chi connectivity index (χ2n) is 5.25. The fraction of sp³-hybridized carbons (Fsp3) is 0.222. The Balaban J connectivity index is 1.93. The van der Waals surface area contributed by atoms with Gasteiger partial charge in [0.1, 0.15) is 0 Å². The van der Waals surface area contributed by atoms with Gasteiger partial charge in [-0.2, -0.15) is 5.10 Å². The Morgan fingerprint density at radius 1 is 1.13 bits per heavy atom. The Bertz CT molecular complexity index is 696. The highest BCUT2D eigenvalue weighted by atomic mass is 35.5. The molecule has 23 heavy (non-hydrogen) atoms. The molecule has 1 atom stereocenters. The van der Waals surface area contributed by atoms with Gasteiger partial charge in [0.15, 0.2) is 0 Å². The predicted molar refractivity (Wildman–Crippen MR) is 98.3 cm³/mol. The number of carbonyl (C=O) groups excluding carboxylic acids is 1. The average Bonchev–Trinajstić information content (AvgIpc) is 2.55. The molecule has 2 aromatic carbocycles. The van der Waals surface area contributed by atoms with E-state index >= 15 is 0 Å². The van der Waals surface area contributed by atoms with E-state index in [1.807, 2.05) is 69.3 Å². The van der Waals surface area contributed by atoms with Crippen molar-refractivity contribution in [1.29, 1.82) is 0 Å². The number of aryl methyl sites for hydroxylation is 1. The number of hydrazone groups is 1. The first-order chi connectivity index (χ1) is 11.0. The summed E-state index contributed by atoms with van der Waals surface area (Å²) in [6.07, 6.45) is 0. The van der Waals surface area contributed by atoms with E-state index in [9.17, 15) is 4.79 Å². The number of nitrogens with one attached hydrogen (secondary N) is 1. The molecule has 0 saturated heterocycles. The molecule has 0 aliphatic rings. The fourth-order valence-electron chi connectivity index (χ4n) is 1.86. The lowest BCUT2D eigenvalue weighted by atomic mass is 10.1. The molecule has 1 amide bonds. The Hall–Kier alpha value is -1.78. The number of carbonyl (C=O) groups is 1. The Morgan fingerprint density at radius 2 is 1.74 bits per heavy atom. The lowest BCUT2D eigenvalue weighted by molar-refractivity contribution is -0.120. The van der Waals surface area contributed by atoms with Crippen LogP contribution in [0.25, 0.3) is 0 Å². The Morgan fingerprint density at radius 3 is 2.35 bits per heavy atom. The van der Waals surface area contributed by atoms with Crippen LogP contribution >= 0.6 is 23.4 Å². The van der Waals surface area contributed by atoms with Crippen molar-refractivity contribution in [2.45, 2.75) is 30.9 Å². The van der Waals surface area contributed by atoms with Crippen molar-refractivity contribution >= 4 is 35.0 Å². The molecule has 0 saturated carbocycles. The quantitative estimate of drug-likeness (QED) is 0.485. The standard InChI is InChI=1S/C18H19ClN2OS/c1-12-4-6-15(7-5-12)13(2)20-21-18(22)14(3)23-17-10-8-16(19)9-11-17/h4-11,14H,1-3H3,(H,21,22)/b20-13-/t14-/m1/s1. The van der Waals surface area contributed by atoms with Crippen molar-refractivity contribution in [3.63, 3.8) is 0 Å². The summed E-state index contributed by atoms with van der Waals surface area (Å²) in [5.41, 5.74) is 5.60. The molecule has 0 aromatic heterocycles. The first-order valence-corrected chi connectivity index (χ1v) is 8.55. The molecule has 0 radical (unpaired) electrons.